The Kier molecular flexibility index (Phi) is 4.65. The van der Waals surface area contributed by atoms with Gasteiger partial charge in [0.05, 0.1) is 24.6 Å². The van der Waals surface area contributed by atoms with E-state index < -0.39 is 5.97 Å². The third-order valence-electron chi connectivity index (χ3n) is 5.02. The second-order valence-corrected chi connectivity index (χ2v) is 7.07. The number of hydrogen-bond acceptors (Lipinski definition) is 4. The molecular weight excluding hydrogens is 378 g/mol. The molecule has 0 saturated heterocycles. The van der Waals surface area contributed by atoms with Gasteiger partial charge in [0.15, 0.2) is 0 Å². The predicted octanol–water partition coefficient (Wildman–Crippen LogP) is 4.09. The summed E-state index contributed by atoms with van der Waals surface area (Å²) in [6, 6.07) is 12.7. The van der Waals surface area contributed by atoms with Crippen molar-refractivity contribution in [3.8, 4) is 5.69 Å². The average Bonchev–Trinajstić information content (AvgIpc) is 3.12. The van der Waals surface area contributed by atoms with Gasteiger partial charge < -0.3 is 10.1 Å². The number of esters is 1. The Morgan fingerprint density at radius 2 is 2.00 bits per heavy atom. The number of carbonyl (C=O) groups is 2. The van der Waals surface area contributed by atoms with E-state index in [1.807, 2.05) is 37.3 Å². The molecule has 0 spiro atoms. The molecule has 0 unspecified atom stereocenters. The number of aromatic nitrogens is 2. The fraction of sp³-hybridized carbons (Fsp3) is 0.190. The van der Waals surface area contributed by atoms with Crippen molar-refractivity contribution in [3.63, 3.8) is 0 Å². The topological polar surface area (TPSA) is 73.2 Å². The van der Waals surface area contributed by atoms with Crippen molar-refractivity contribution in [2.24, 2.45) is 0 Å². The highest BCUT2D eigenvalue weighted by atomic mass is 35.5. The number of ether oxygens (including phenoxy) is 1. The van der Waals surface area contributed by atoms with Crippen molar-refractivity contribution < 1.29 is 14.3 Å². The van der Waals surface area contributed by atoms with E-state index in [0.29, 0.717) is 22.8 Å². The first-order chi connectivity index (χ1) is 13.5. The molecule has 0 saturated carbocycles. The molecule has 1 aromatic heterocycles. The van der Waals surface area contributed by atoms with E-state index in [4.69, 9.17) is 16.3 Å². The highest BCUT2D eigenvalue weighted by Crippen LogP contribution is 2.38. The van der Waals surface area contributed by atoms with Crippen LogP contribution in [0.4, 0.5) is 5.82 Å². The Hall–Kier alpha value is -3.12. The van der Waals surface area contributed by atoms with E-state index in [-0.39, 0.29) is 11.8 Å². The lowest BCUT2D eigenvalue weighted by Crippen LogP contribution is -2.24. The van der Waals surface area contributed by atoms with Crippen molar-refractivity contribution in [2.75, 3.05) is 12.4 Å². The van der Waals surface area contributed by atoms with Gasteiger partial charge >= 0.3 is 5.97 Å². The molecule has 0 bridgehead atoms. The third-order valence-corrected chi connectivity index (χ3v) is 5.43. The number of halogens is 1. The van der Waals surface area contributed by atoms with Crippen LogP contribution in [0.2, 0.25) is 5.02 Å². The zero-order chi connectivity index (χ0) is 19.8. The molecule has 1 amide bonds. The van der Waals surface area contributed by atoms with Crippen molar-refractivity contribution in [3.05, 3.63) is 75.9 Å². The molecule has 0 aliphatic carbocycles. The number of nitrogens with one attached hydrogen (secondary N) is 1. The molecule has 1 atom stereocenters. The fourth-order valence-electron chi connectivity index (χ4n) is 3.49. The van der Waals surface area contributed by atoms with Gasteiger partial charge in [0, 0.05) is 22.9 Å². The molecular formula is C21H18ClN3O3. The molecule has 3 aromatic rings. The SMILES string of the molecule is COC(=O)c1ccc([C@@H]2CC(=O)Nc3c2cnn3-c2cccc(Cl)c2C)cc1. The first-order valence-corrected chi connectivity index (χ1v) is 9.19. The number of fused-ring (bicyclic) bond motifs is 1. The fourth-order valence-corrected chi connectivity index (χ4v) is 3.66. The van der Waals surface area contributed by atoms with Gasteiger partial charge in [0.1, 0.15) is 5.82 Å². The molecule has 6 nitrogen and oxygen atoms in total. The molecule has 2 heterocycles. The second kappa shape index (κ2) is 7.13. The molecule has 7 heteroatoms. The minimum Gasteiger partial charge on any atom is -0.465 e. The highest BCUT2D eigenvalue weighted by Gasteiger charge is 2.30. The zero-order valence-corrected chi connectivity index (χ0v) is 16.2. The smallest absolute Gasteiger partial charge is 0.337 e. The van der Waals surface area contributed by atoms with Crippen molar-refractivity contribution in [2.45, 2.75) is 19.3 Å². The van der Waals surface area contributed by atoms with Gasteiger partial charge in [0.2, 0.25) is 5.91 Å². The quantitative estimate of drug-likeness (QED) is 0.678. The summed E-state index contributed by atoms with van der Waals surface area (Å²) in [5.41, 5.74) is 4.03. The van der Waals surface area contributed by atoms with Crippen LogP contribution in [0.1, 0.15) is 39.4 Å². The Balaban J connectivity index is 1.77. The van der Waals surface area contributed by atoms with Gasteiger partial charge in [-0.25, -0.2) is 9.48 Å². The first kappa shape index (κ1) is 18.3. The van der Waals surface area contributed by atoms with Gasteiger partial charge in [0.25, 0.3) is 0 Å². The number of carbonyl (C=O) groups excluding carboxylic acids is 2. The largest absolute Gasteiger partial charge is 0.465 e. The number of hydrogen-bond donors (Lipinski definition) is 1. The number of benzene rings is 2. The number of methoxy groups -OCH3 is 1. The molecule has 1 N–H and O–H groups in total. The Morgan fingerprint density at radius 1 is 1.25 bits per heavy atom. The summed E-state index contributed by atoms with van der Waals surface area (Å²) in [6.07, 6.45) is 2.08. The van der Waals surface area contributed by atoms with Crippen molar-refractivity contribution >= 4 is 29.3 Å². The van der Waals surface area contributed by atoms with E-state index in [1.165, 1.54) is 7.11 Å². The van der Waals surface area contributed by atoms with Crippen LogP contribution in [0.3, 0.4) is 0 Å². The molecule has 0 radical (unpaired) electrons. The Bertz CT molecular complexity index is 1070. The van der Waals surface area contributed by atoms with E-state index in [0.717, 1.165) is 22.4 Å². The third kappa shape index (κ3) is 3.05. The Labute approximate surface area is 167 Å². The van der Waals surface area contributed by atoms with Crippen molar-refractivity contribution in [1.82, 2.24) is 9.78 Å². The van der Waals surface area contributed by atoms with Crippen LogP contribution < -0.4 is 5.32 Å². The standard InChI is InChI=1S/C21H18ClN3O3/c1-12-17(22)4-3-5-18(12)25-20-16(11-23-25)15(10-19(26)24-20)13-6-8-14(9-7-13)21(27)28-2/h3-9,11,15H,10H2,1-2H3,(H,24,26)/t15-/m0/s1. The van der Waals surface area contributed by atoms with Crippen LogP contribution in [-0.4, -0.2) is 28.8 Å². The monoisotopic (exact) mass is 395 g/mol. The average molecular weight is 396 g/mol. The summed E-state index contributed by atoms with van der Waals surface area (Å²) >= 11 is 6.25. The van der Waals surface area contributed by atoms with Gasteiger partial charge in [-0.2, -0.15) is 5.10 Å². The van der Waals surface area contributed by atoms with Crippen LogP contribution in [0, 0.1) is 6.92 Å². The van der Waals surface area contributed by atoms with E-state index in [9.17, 15) is 9.59 Å². The van der Waals surface area contributed by atoms with E-state index >= 15 is 0 Å². The van der Waals surface area contributed by atoms with E-state index in [1.54, 1.807) is 23.0 Å². The normalized spacial score (nSPS) is 15.7. The lowest BCUT2D eigenvalue weighted by Gasteiger charge is -2.24. The lowest BCUT2D eigenvalue weighted by atomic mass is 9.87. The molecule has 4 rings (SSSR count). The summed E-state index contributed by atoms with van der Waals surface area (Å²) < 4.78 is 6.45. The van der Waals surface area contributed by atoms with Gasteiger partial charge in [-0.1, -0.05) is 29.8 Å². The minimum absolute atomic E-state index is 0.0871. The van der Waals surface area contributed by atoms with Gasteiger partial charge in [-0.05, 0) is 42.3 Å². The molecule has 1 aliphatic rings. The van der Waals surface area contributed by atoms with Crippen molar-refractivity contribution in [1.29, 1.82) is 0 Å². The Morgan fingerprint density at radius 3 is 2.71 bits per heavy atom. The first-order valence-electron chi connectivity index (χ1n) is 8.81. The van der Waals surface area contributed by atoms with Crippen LogP contribution in [0.5, 0.6) is 0 Å². The summed E-state index contributed by atoms with van der Waals surface area (Å²) in [4.78, 5) is 24.1. The van der Waals surface area contributed by atoms with Gasteiger partial charge in [-0.3, -0.25) is 4.79 Å². The van der Waals surface area contributed by atoms with Crippen LogP contribution in [0.25, 0.3) is 5.69 Å². The molecule has 2 aromatic carbocycles. The van der Waals surface area contributed by atoms with Crippen LogP contribution in [0.15, 0.2) is 48.7 Å². The summed E-state index contributed by atoms with van der Waals surface area (Å²) in [5, 5.41) is 8.08. The summed E-state index contributed by atoms with van der Waals surface area (Å²) in [7, 11) is 1.35. The number of nitrogens with zero attached hydrogens (tertiary/aromatic N) is 2. The highest BCUT2D eigenvalue weighted by molar-refractivity contribution is 6.31. The molecule has 142 valence electrons. The maximum Gasteiger partial charge on any atom is 0.337 e. The van der Waals surface area contributed by atoms with Crippen LogP contribution in [-0.2, 0) is 9.53 Å². The minimum atomic E-state index is -0.391. The van der Waals surface area contributed by atoms with Gasteiger partial charge in [-0.15, -0.1) is 0 Å². The number of amides is 1. The maximum atomic E-state index is 12.4. The maximum absolute atomic E-state index is 12.4. The molecule has 0 fully saturated rings. The summed E-state index contributed by atoms with van der Waals surface area (Å²) in [6.45, 7) is 1.92. The van der Waals surface area contributed by atoms with E-state index in [2.05, 4.69) is 10.4 Å². The zero-order valence-electron chi connectivity index (χ0n) is 15.4. The molecule has 1 aliphatic heterocycles. The lowest BCUT2D eigenvalue weighted by molar-refractivity contribution is -0.116. The molecule has 28 heavy (non-hydrogen) atoms. The summed E-state index contributed by atoms with van der Waals surface area (Å²) in [5.74, 6) is 0.0150. The second-order valence-electron chi connectivity index (χ2n) is 6.66. The predicted molar refractivity (Wildman–Crippen MR) is 106 cm³/mol. The number of rotatable bonds is 3. The number of anilines is 1. The van der Waals surface area contributed by atoms with Crippen LogP contribution >= 0.6 is 11.6 Å².